The number of benzene rings is 1. The summed E-state index contributed by atoms with van der Waals surface area (Å²) in [7, 11) is 0. The van der Waals surface area contributed by atoms with Crippen LogP contribution in [0.4, 0.5) is 0 Å². The Labute approximate surface area is 144 Å². The topological polar surface area (TPSA) is 73.8 Å². The van der Waals surface area contributed by atoms with E-state index in [1.807, 2.05) is 32.0 Å². The minimum Gasteiger partial charge on any atom is -0.324 e. The van der Waals surface area contributed by atoms with Crippen molar-refractivity contribution in [3.8, 4) is 11.4 Å². The first kappa shape index (κ1) is 15.3. The van der Waals surface area contributed by atoms with E-state index in [2.05, 4.69) is 4.98 Å². The number of nitrogens with two attached hydrogens (primary N) is 1. The van der Waals surface area contributed by atoms with Crippen LogP contribution in [0, 0.1) is 6.92 Å². The van der Waals surface area contributed by atoms with Crippen molar-refractivity contribution in [2.24, 2.45) is 5.73 Å². The Morgan fingerprint density at radius 1 is 1.29 bits per heavy atom. The smallest absolute Gasteiger partial charge is 0.261 e. The number of nitrogens with zero attached hydrogens (tertiary/aromatic N) is 3. The van der Waals surface area contributed by atoms with E-state index in [0.29, 0.717) is 34.8 Å². The van der Waals surface area contributed by atoms with E-state index in [1.165, 1.54) is 0 Å². The monoisotopic (exact) mass is 340 g/mol. The lowest BCUT2D eigenvalue weighted by Gasteiger charge is -2.22. The van der Waals surface area contributed by atoms with Gasteiger partial charge in [0.2, 0.25) is 0 Å². The van der Waals surface area contributed by atoms with Gasteiger partial charge >= 0.3 is 0 Å². The minimum atomic E-state index is -0.200. The normalized spacial score (nSPS) is 14.3. The number of hydrogen-bond acceptors (Lipinski definition) is 4. The van der Waals surface area contributed by atoms with Gasteiger partial charge in [0.15, 0.2) is 0 Å². The lowest BCUT2D eigenvalue weighted by Crippen LogP contribution is -2.28. The highest BCUT2D eigenvalue weighted by atomic mass is 35.5. The zero-order valence-electron chi connectivity index (χ0n) is 13.5. The number of pyridine rings is 1. The standard InChI is InChI=1S/C18H17ClN4O/c1-9-7-12(10(2)20)16-13(8-9)18(24)23-6-5-14-11(17(23)22-16)3-4-15(19)21-14/h3-4,7-8,10H,5-6,20H2,1-2H3/t10-/m1/s1. The van der Waals surface area contributed by atoms with Crippen molar-refractivity contribution in [1.82, 2.24) is 14.5 Å². The molecule has 122 valence electrons. The molecule has 0 unspecified atom stereocenters. The second kappa shape index (κ2) is 5.40. The Hall–Kier alpha value is -2.24. The van der Waals surface area contributed by atoms with Crippen molar-refractivity contribution in [2.75, 3.05) is 0 Å². The average molecular weight is 341 g/mol. The third-order valence-electron chi connectivity index (χ3n) is 4.48. The third-order valence-corrected chi connectivity index (χ3v) is 4.69. The van der Waals surface area contributed by atoms with Crippen LogP contribution in [0.25, 0.3) is 22.3 Å². The molecule has 0 radical (unpaired) electrons. The molecule has 3 heterocycles. The van der Waals surface area contributed by atoms with Crippen molar-refractivity contribution in [3.05, 3.63) is 56.6 Å². The first-order chi connectivity index (χ1) is 11.5. The first-order valence-corrected chi connectivity index (χ1v) is 8.30. The van der Waals surface area contributed by atoms with Gasteiger partial charge in [-0.1, -0.05) is 17.7 Å². The SMILES string of the molecule is Cc1cc([C@@H](C)N)c2nc3n(c(=O)c2c1)CCc1nc(Cl)ccc1-3. The Balaban J connectivity index is 2.11. The number of aryl methyl sites for hydroxylation is 2. The zero-order valence-corrected chi connectivity index (χ0v) is 14.3. The fraction of sp³-hybridized carbons (Fsp3) is 0.278. The summed E-state index contributed by atoms with van der Waals surface area (Å²) in [6.07, 6.45) is 0.669. The van der Waals surface area contributed by atoms with Crippen LogP contribution < -0.4 is 11.3 Å². The summed E-state index contributed by atoms with van der Waals surface area (Å²) in [6.45, 7) is 4.43. The van der Waals surface area contributed by atoms with Gasteiger partial charge in [-0.15, -0.1) is 0 Å². The van der Waals surface area contributed by atoms with Crippen LogP contribution in [-0.2, 0) is 13.0 Å². The molecule has 3 aromatic rings. The van der Waals surface area contributed by atoms with Crippen LogP contribution in [0.1, 0.15) is 29.8 Å². The van der Waals surface area contributed by atoms with Gasteiger partial charge < -0.3 is 5.73 Å². The molecule has 1 atom stereocenters. The summed E-state index contributed by atoms with van der Waals surface area (Å²) in [5.74, 6) is 0.642. The highest BCUT2D eigenvalue weighted by molar-refractivity contribution is 6.29. The summed E-state index contributed by atoms with van der Waals surface area (Å²) in [4.78, 5) is 22.2. The lowest BCUT2D eigenvalue weighted by molar-refractivity contribution is 0.641. The molecule has 4 rings (SSSR count). The number of aromatic nitrogens is 3. The molecule has 5 nitrogen and oxygen atoms in total. The van der Waals surface area contributed by atoms with E-state index in [9.17, 15) is 4.79 Å². The molecule has 6 heteroatoms. The van der Waals surface area contributed by atoms with E-state index in [4.69, 9.17) is 22.3 Å². The van der Waals surface area contributed by atoms with Crippen LogP contribution in [-0.4, -0.2) is 14.5 Å². The number of fused-ring (bicyclic) bond motifs is 4. The average Bonchev–Trinajstić information content (AvgIpc) is 2.54. The van der Waals surface area contributed by atoms with Gasteiger partial charge in [-0.2, -0.15) is 0 Å². The van der Waals surface area contributed by atoms with Gasteiger partial charge in [-0.25, -0.2) is 9.97 Å². The Kier molecular flexibility index (Phi) is 3.44. The molecular formula is C18H17ClN4O. The lowest BCUT2D eigenvalue weighted by atomic mass is 10.0. The van der Waals surface area contributed by atoms with E-state index >= 15 is 0 Å². The maximum atomic E-state index is 13.0. The molecule has 1 aliphatic rings. The van der Waals surface area contributed by atoms with Crippen molar-refractivity contribution in [1.29, 1.82) is 0 Å². The van der Waals surface area contributed by atoms with E-state index in [0.717, 1.165) is 22.4 Å². The molecular weight excluding hydrogens is 324 g/mol. The molecule has 0 fully saturated rings. The van der Waals surface area contributed by atoms with Crippen molar-refractivity contribution in [2.45, 2.75) is 32.9 Å². The molecule has 1 aliphatic heterocycles. The van der Waals surface area contributed by atoms with E-state index < -0.39 is 0 Å². The van der Waals surface area contributed by atoms with Crippen LogP contribution in [0.2, 0.25) is 5.15 Å². The minimum absolute atomic E-state index is 0.0267. The second-order valence-corrected chi connectivity index (χ2v) is 6.70. The van der Waals surface area contributed by atoms with Gasteiger partial charge in [-0.05, 0) is 43.2 Å². The Morgan fingerprint density at radius 3 is 2.83 bits per heavy atom. The molecule has 1 aromatic carbocycles. The summed E-state index contributed by atoms with van der Waals surface area (Å²) in [5, 5.41) is 1.08. The van der Waals surface area contributed by atoms with Crippen molar-refractivity contribution in [3.63, 3.8) is 0 Å². The quantitative estimate of drug-likeness (QED) is 0.691. The van der Waals surface area contributed by atoms with Crippen LogP contribution in [0.15, 0.2) is 29.1 Å². The summed E-state index contributed by atoms with van der Waals surface area (Å²) >= 11 is 6.00. The van der Waals surface area contributed by atoms with Gasteiger partial charge in [-0.3, -0.25) is 9.36 Å². The molecule has 0 amide bonds. The first-order valence-electron chi connectivity index (χ1n) is 7.92. The Bertz CT molecular complexity index is 1040. The van der Waals surface area contributed by atoms with E-state index in [1.54, 1.807) is 10.6 Å². The fourth-order valence-corrected chi connectivity index (χ4v) is 3.51. The molecule has 24 heavy (non-hydrogen) atoms. The zero-order chi connectivity index (χ0) is 17.0. The highest BCUT2D eigenvalue weighted by Crippen LogP contribution is 2.30. The number of rotatable bonds is 1. The summed E-state index contributed by atoms with van der Waals surface area (Å²) in [6, 6.07) is 7.30. The highest BCUT2D eigenvalue weighted by Gasteiger charge is 2.23. The molecule has 0 saturated heterocycles. The summed E-state index contributed by atoms with van der Waals surface area (Å²) in [5.41, 5.74) is 10.4. The van der Waals surface area contributed by atoms with Gasteiger partial charge in [0.05, 0.1) is 16.6 Å². The van der Waals surface area contributed by atoms with Crippen LogP contribution in [0.3, 0.4) is 0 Å². The van der Waals surface area contributed by atoms with Gasteiger partial charge in [0.1, 0.15) is 11.0 Å². The van der Waals surface area contributed by atoms with Gasteiger partial charge in [0, 0.05) is 24.6 Å². The van der Waals surface area contributed by atoms with Crippen LogP contribution >= 0.6 is 11.6 Å². The fourth-order valence-electron chi connectivity index (χ4n) is 3.35. The maximum absolute atomic E-state index is 13.0. The maximum Gasteiger partial charge on any atom is 0.261 e. The predicted octanol–water partition coefficient (Wildman–Crippen LogP) is 3.00. The molecule has 0 aliphatic carbocycles. The second-order valence-electron chi connectivity index (χ2n) is 6.31. The van der Waals surface area contributed by atoms with Crippen molar-refractivity contribution >= 4 is 22.5 Å². The summed E-state index contributed by atoms with van der Waals surface area (Å²) < 4.78 is 1.73. The largest absolute Gasteiger partial charge is 0.324 e. The molecule has 0 saturated carbocycles. The van der Waals surface area contributed by atoms with Gasteiger partial charge in [0.25, 0.3) is 5.56 Å². The predicted molar refractivity (Wildman–Crippen MR) is 95.3 cm³/mol. The number of hydrogen-bond donors (Lipinski definition) is 1. The molecule has 2 aromatic heterocycles. The van der Waals surface area contributed by atoms with Crippen molar-refractivity contribution < 1.29 is 0 Å². The van der Waals surface area contributed by atoms with Crippen LogP contribution in [0.5, 0.6) is 0 Å². The Morgan fingerprint density at radius 2 is 2.08 bits per heavy atom. The molecule has 0 spiro atoms. The molecule has 2 N–H and O–H groups in total. The van der Waals surface area contributed by atoms with E-state index in [-0.39, 0.29) is 11.6 Å². The molecule has 0 bridgehead atoms. The third kappa shape index (κ3) is 2.24. The number of halogens is 1.